The summed E-state index contributed by atoms with van der Waals surface area (Å²) in [7, 11) is 0. The Hall–Kier alpha value is -2.94. The van der Waals surface area contributed by atoms with Gasteiger partial charge in [-0.3, -0.25) is 4.98 Å². The van der Waals surface area contributed by atoms with Crippen LogP contribution in [0.2, 0.25) is 0 Å². The lowest BCUT2D eigenvalue weighted by Crippen LogP contribution is -1.90. The van der Waals surface area contributed by atoms with Gasteiger partial charge >= 0.3 is 0 Å². The number of hydrogen-bond acceptors (Lipinski definition) is 2. The first-order chi connectivity index (χ1) is 11.3. The molecule has 0 saturated carbocycles. The van der Waals surface area contributed by atoms with E-state index in [1.807, 2.05) is 12.3 Å². The van der Waals surface area contributed by atoms with Crippen LogP contribution in [0.1, 0.15) is 24.0 Å². The van der Waals surface area contributed by atoms with Gasteiger partial charge in [0.15, 0.2) is 0 Å². The van der Waals surface area contributed by atoms with Crippen LogP contribution in [0.15, 0.2) is 60.9 Å². The van der Waals surface area contributed by atoms with Crippen LogP contribution >= 0.6 is 0 Å². The number of pyridine rings is 1. The van der Waals surface area contributed by atoms with Gasteiger partial charge in [0.25, 0.3) is 0 Å². The molecule has 0 bridgehead atoms. The van der Waals surface area contributed by atoms with Crippen LogP contribution in [0.4, 0.5) is 0 Å². The lowest BCUT2D eigenvalue weighted by Gasteiger charge is -2.08. The highest BCUT2D eigenvalue weighted by atomic mass is 14.9. The van der Waals surface area contributed by atoms with Gasteiger partial charge in [0.05, 0.1) is 17.2 Å². The molecule has 1 N–H and O–H groups in total. The van der Waals surface area contributed by atoms with Crippen molar-refractivity contribution in [1.82, 2.24) is 15.0 Å². The van der Waals surface area contributed by atoms with Crippen molar-refractivity contribution in [3.8, 4) is 22.5 Å². The van der Waals surface area contributed by atoms with Crippen LogP contribution < -0.4 is 0 Å². The maximum Gasteiger partial charge on any atom is 0.139 e. The van der Waals surface area contributed by atoms with Crippen molar-refractivity contribution >= 4 is 11.0 Å². The molecule has 110 valence electrons. The molecule has 0 aliphatic heterocycles. The van der Waals surface area contributed by atoms with Gasteiger partial charge in [-0.25, -0.2) is 4.98 Å². The van der Waals surface area contributed by atoms with Gasteiger partial charge in [-0.1, -0.05) is 49.4 Å². The second-order valence-electron chi connectivity index (χ2n) is 6.06. The maximum absolute atomic E-state index is 4.76. The normalized spacial score (nSPS) is 15.6. The van der Waals surface area contributed by atoms with E-state index in [1.54, 1.807) is 6.20 Å². The standard InChI is InChI=1S/C20H15N3/c1-12-13-5-2-3-6-15(13)19-14(12)7-4-8-16(19)20-22-17-9-10-21-11-18(17)23-20/h2-12H,1H3,(H,22,23). The molecule has 1 atom stereocenters. The number of benzene rings is 2. The average Bonchev–Trinajstić information content (AvgIpc) is 3.15. The van der Waals surface area contributed by atoms with Crippen molar-refractivity contribution in [2.24, 2.45) is 0 Å². The van der Waals surface area contributed by atoms with Gasteiger partial charge in [0.1, 0.15) is 5.82 Å². The minimum atomic E-state index is 0.423. The second kappa shape index (κ2) is 4.53. The highest BCUT2D eigenvalue weighted by Crippen LogP contribution is 2.48. The molecule has 23 heavy (non-hydrogen) atoms. The zero-order valence-corrected chi connectivity index (χ0v) is 12.7. The Morgan fingerprint density at radius 2 is 1.74 bits per heavy atom. The van der Waals surface area contributed by atoms with Crippen molar-refractivity contribution in [2.45, 2.75) is 12.8 Å². The minimum Gasteiger partial charge on any atom is -0.337 e. The van der Waals surface area contributed by atoms with E-state index in [1.165, 1.54) is 22.3 Å². The Labute approximate surface area is 134 Å². The van der Waals surface area contributed by atoms with E-state index < -0.39 is 0 Å². The molecule has 0 amide bonds. The Balaban J connectivity index is 1.81. The summed E-state index contributed by atoms with van der Waals surface area (Å²) in [5.74, 6) is 1.33. The summed E-state index contributed by atoms with van der Waals surface area (Å²) in [5.41, 5.74) is 8.49. The van der Waals surface area contributed by atoms with Crippen LogP contribution in [-0.4, -0.2) is 15.0 Å². The largest absolute Gasteiger partial charge is 0.337 e. The van der Waals surface area contributed by atoms with Gasteiger partial charge in [-0.15, -0.1) is 0 Å². The molecule has 2 aromatic carbocycles. The monoisotopic (exact) mass is 297 g/mol. The molecule has 0 radical (unpaired) electrons. The first-order valence-electron chi connectivity index (χ1n) is 7.85. The summed E-state index contributed by atoms with van der Waals surface area (Å²) < 4.78 is 0. The Morgan fingerprint density at radius 3 is 2.65 bits per heavy atom. The lowest BCUT2D eigenvalue weighted by atomic mass is 9.97. The molecule has 2 aromatic heterocycles. The fourth-order valence-corrected chi connectivity index (χ4v) is 3.68. The molecule has 2 heterocycles. The van der Waals surface area contributed by atoms with E-state index in [2.05, 4.69) is 59.4 Å². The van der Waals surface area contributed by atoms with E-state index in [0.29, 0.717) is 5.92 Å². The fourth-order valence-electron chi connectivity index (χ4n) is 3.68. The van der Waals surface area contributed by atoms with Gasteiger partial charge in [0, 0.05) is 17.7 Å². The summed E-state index contributed by atoms with van der Waals surface area (Å²) in [6.45, 7) is 2.27. The topological polar surface area (TPSA) is 41.6 Å². The minimum absolute atomic E-state index is 0.423. The number of nitrogens with zero attached hydrogens (tertiary/aromatic N) is 2. The lowest BCUT2D eigenvalue weighted by molar-refractivity contribution is 0.957. The summed E-state index contributed by atoms with van der Waals surface area (Å²) in [4.78, 5) is 12.3. The van der Waals surface area contributed by atoms with Crippen molar-refractivity contribution in [3.05, 3.63) is 72.1 Å². The number of aromatic amines is 1. The third-order valence-corrected chi connectivity index (χ3v) is 4.80. The molecule has 3 nitrogen and oxygen atoms in total. The molecular formula is C20H15N3. The molecule has 1 unspecified atom stereocenters. The van der Waals surface area contributed by atoms with Gasteiger partial charge in [-0.05, 0) is 28.3 Å². The van der Waals surface area contributed by atoms with Crippen molar-refractivity contribution in [1.29, 1.82) is 0 Å². The van der Waals surface area contributed by atoms with E-state index in [-0.39, 0.29) is 0 Å². The Kier molecular flexibility index (Phi) is 2.48. The fraction of sp³-hybridized carbons (Fsp3) is 0.100. The number of imidazole rings is 1. The molecule has 1 aliphatic rings. The molecule has 5 rings (SSSR count). The molecule has 1 aliphatic carbocycles. The number of aromatic nitrogens is 3. The summed E-state index contributed by atoms with van der Waals surface area (Å²) >= 11 is 0. The van der Waals surface area contributed by atoms with Crippen LogP contribution in [0.25, 0.3) is 33.5 Å². The molecule has 0 spiro atoms. The zero-order chi connectivity index (χ0) is 15.4. The number of hydrogen-bond donors (Lipinski definition) is 1. The number of nitrogens with one attached hydrogen (secondary N) is 1. The van der Waals surface area contributed by atoms with Crippen LogP contribution in [0, 0.1) is 0 Å². The third-order valence-electron chi connectivity index (χ3n) is 4.80. The molecule has 4 aromatic rings. The first-order valence-corrected chi connectivity index (χ1v) is 7.85. The molecular weight excluding hydrogens is 282 g/mol. The van der Waals surface area contributed by atoms with E-state index in [0.717, 1.165) is 22.4 Å². The maximum atomic E-state index is 4.76. The zero-order valence-electron chi connectivity index (χ0n) is 12.7. The molecule has 0 fully saturated rings. The quantitative estimate of drug-likeness (QED) is 0.550. The number of H-pyrrole nitrogens is 1. The first kappa shape index (κ1) is 12.6. The molecule has 3 heteroatoms. The summed E-state index contributed by atoms with van der Waals surface area (Å²) in [5, 5.41) is 0. The predicted molar refractivity (Wildman–Crippen MR) is 92.3 cm³/mol. The summed E-state index contributed by atoms with van der Waals surface area (Å²) in [6.07, 6.45) is 3.60. The van der Waals surface area contributed by atoms with E-state index in [4.69, 9.17) is 4.98 Å². The van der Waals surface area contributed by atoms with Crippen LogP contribution in [-0.2, 0) is 0 Å². The average molecular weight is 297 g/mol. The van der Waals surface area contributed by atoms with Gasteiger partial charge < -0.3 is 4.98 Å². The summed E-state index contributed by atoms with van der Waals surface area (Å²) in [6, 6.07) is 17.1. The van der Waals surface area contributed by atoms with Crippen molar-refractivity contribution in [3.63, 3.8) is 0 Å². The van der Waals surface area contributed by atoms with Gasteiger partial charge in [-0.2, -0.15) is 0 Å². The Bertz CT molecular complexity index is 1010. The smallest absolute Gasteiger partial charge is 0.139 e. The predicted octanol–water partition coefficient (Wildman–Crippen LogP) is 4.76. The van der Waals surface area contributed by atoms with E-state index in [9.17, 15) is 0 Å². The van der Waals surface area contributed by atoms with Crippen LogP contribution in [0.5, 0.6) is 0 Å². The SMILES string of the molecule is CC1c2ccccc2-c2c(-c3nc4ccncc4[nH]3)cccc21. The van der Waals surface area contributed by atoms with Crippen molar-refractivity contribution < 1.29 is 0 Å². The molecule has 0 saturated heterocycles. The third kappa shape index (κ3) is 1.70. The Morgan fingerprint density at radius 1 is 0.913 bits per heavy atom. The van der Waals surface area contributed by atoms with Crippen molar-refractivity contribution in [2.75, 3.05) is 0 Å². The number of fused-ring (bicyclic) bond motifs is 4. The second-order valence-corrected chi connectivity index (χ2v) is 6.06. The van der Waals surface area contributed by atoms with Gasteiger partial charge in [0.2, 0.25) is 0 Å². The number of rotatable bonds is 1. The van der Waals surface area contributed by atoms with Crippen LogP contribution in [0.3, 0.4) is 0 Å². The van der Waals surface area contributed by atoms with E-state index >= 15 is 0 Å². The highest BCUT2D eigenvalue weighted by Gasteiger charge is 2.28. The highest BCUT2D eigenvalue weighted by molar-refractivity contribution is 5.91.